The van der Waals surface area contributed by atoms with Gasteiger partial charge in [-0.1, -0.05) is 54.1 Å². The first-order chi connectivity index (χ1) is 16.5. The van der Waals surface area contributed by atoms with Crippen LogP contribution in [0.5, 0.6) is 5.75 Å². The summed E-state index contributed by atoms with van der Waals surface area (Å²) in [6, 6.07) is 25.0. The van der Waals surface area contributed by atoms with Crippen LogP contribution >= 0.6 is 11.6 Å². The van der Waals surface area contributed by atoms with Gasteiger partial charge in [0.25, 0.3) is 0 Å². The second-order valence-electron chi connectivity index (χ2n) is 8.43. The van der Waals surface area contributed by atoms with Crippen molar-refractivity contribution < 1.29 is 9.53 Å². The molecule has 5 nitrogen and oxygen atoms in total. The van der Waals surface area contributed by atoms with Crippen molar-refractivity contribution in [3.05, 3.63) is 101 Å². The Balaban J connectivity index is 1.75. The van der Waals surface area contributed by atoms with E-state index in [0.29, 0.717) is 16.3 Å². The number of ketones is 1. The van der Waals surface area contributed by atoms with Gasteiger partial charge in [0.2, 0.25) is 0 Å². The molecule has 5 rings (SSSR count). The van der Waals surface area contributed by atoms with Crippen LogP contribution in [0.25, 0.3) is 6.08 Å². The van der Waals surface area contributed by atoms with Crippen LogP contribution in [-0.4, -0.2) is 25.0 Å². The maximum atomic E-state index is 14.1. The van der Waals surface area contributed by atoms with Crippen LogP contribution in [0, 0.1) is 28.1 Å². The average Bonchev–Trinajstić information content (AvgIpc) is 3.19. The molecule has 6 heteroatoms. The summed E-state index contributed by atoms with van der Waals surface area (Å²) in [6.07, 6.45) is 3.80. The Morgan fingerprint density at radius 1 is 1.00 bits per heavy atom. The summed E-state index contributed by atoms with van der Waals surface area (Å²) in [5.74, 6) is -0.218. The van der Waals surface area contributed by atoms with E-state index < -0.39 is 23.4 Å². The molecule has 0 spiro atoms. The van der Waals surface area contributed by atoms with E-state index in [9.17, 15) is 15.3 Å². The molecule has 166 valence electrons. The Hall–Kier alpha value is -4.06. The number of rotatable bonds is 4. The number of ether oxygens (including phenoxy) is 1. The fraction of sp³-hybridized carbons (Fsp3) is 0.179. The maximum absolute atomic E-state index is 14.1. The Kier molecular flexibility index (Phi) is 5.36. The molecule has 2 aliphatic rings. The number of Topliss-reactive ketones (excluding diaryl/α,β-unsaturated/α-hetero) is 1. The molecule has 0 N–H and O–H groups in total. The van der Waals surface area contributed by atoms with E-state index in [1.165, 1.54) is 0 Å². The van der Waals surface area contributed by atoms with Crippen molar-refractivity contribution in [2.45, 2.75) is 18.0 Å². The molecule has 0 bridgehead atoms. The number of nitriles is 2. The largest absolute Gasteiger partial charge is 0.497 e. The summed E-state index contributed by atoms with van der Waals surface area (Å²) in [5, 5.41) is 21.4. The molecule has 3 atom stereocenters. The van der Waals surface area contributed by atoms with E-state index in [1.54, 1.807) is 55.6 Å². The first kappa shape index (κ1) is 21.8. The molecule has 34 heavy (non-hydrogen) atoms. The minimum Gasteiger partial charge on any atom is -0.497 e. The van der Waals surface area contributed by atoms with Crippen molar-refractivity contribution >= 4 is 29.1 Å². The highest BCUT2D eigenvalue weighted by atomic mass is 35.5. The van der Waals surface area contributed by atoms with Gasteiger partial charge in [0.15, 0.2) is 11.2 Å². The summed E-state index contributed by atoms with van der Waals surface area (Å²) < 4.78 is 5.25. The zero-order valence-electron chi connectivity index (χ0n) is 18.4. The van der Waals surface area contributed by atoms with Gasteiger partial charge in [0.05, 0.1) is 25.3 Å². The molecule has 2 heterocycles. The number of para-hydroxylation sites is 1. The van der Waals surface area contributed by atoms with Crippen molar-refractivity contribution in [2.24, 2.45) is 5.41 Å². The number of fused-ring (bicyclic) bond motifs is 3. The van der Waals surface area contributed by atoms with Crippen LogP contribution in [0.15, 0.2) is 78.9 Å². The van der Waals surface area contributed by atoms with Gasteiger partial charge in [0, 0.05) is 22.2 Å². The van der Waals surface area contributed by atoms with E-state index in [0.717, 1.165) is 16.8 Å². The summed E-state index contributed by atoms with van der Waals surface area (Å²) >= 11 is 6.14. The zero-order valence-corrected chi connectivity index (χ0v) is 19.1. The van der Waals surface area contributed by atoms with Crippen molar-refractivity contribution in [3.8, 4) is 17.9 Å². The number of carbonyl (C=O) groups excluding carboxylic acids is 1. The van der Waals surface area contributed by atoms with E-state index in [-0.39, 0.29) is 5.78 Å². The molecule has 0 aliphatic carbocycles. The SMILES string of the molecule is COc1ccc(C(=O)[C@@H]2[C@@H](c3ccc(Cl)cc3)C(C#N)(C#N)[C@@H]3C=Cc4ccccc4N23)cc1. The van der Waals surface area contributed by atoms with Gasteiger partial charge in [-0.2, -0.15) is 10.5 Å². The standard InChI is InChI=1S/C28H20ClN3O2/c1-34-22-13-8-20(9-14-22)27(33)26-25(19-6-11-21(29)12-7-19)28(16-30,17-31)24-15-10-18-4-2-3-5-23(18)32(24)26/h2-15,24-26H,1H3/t24-,25+,26-/m0/s1. The highest BCUT2D eigenvalue weighted by Gasteiger charge is 2.63. The Labute approximate surface area is 203 Å². The predicted octanol–water partition coefficient (Wildman–Crippen LogP) is 5.63. The topological polar surface area (TPSA) is 77.1 Å². The number of methoxy groups -OCH3 is 1. The van der Waals surface area contributed by atoms with Crippen LogP contribution < -0.4 is 9.64 Å². The molecule has 0 saturated carbocycles. The van der Waals surface area contributed by atoms with E-state index in [1.807, 2.05) is 41.3 Å². The summed E-state index contributed by atoms with van der Waals surface area (Å²) in [4.78, 5) is 16.1. The van der Waals surface area contributed by atoms with Gasteiger partial charge in [-0.05, 0) is 53.6 Å². The molecule has 3 aromatic carbocycles. The van der Waals surface area contributed by atoms with Crippen LogP contribution in [0.2, 0.25) is 5.02 Å². The van der Waals surface area contributed by atoms with Crippen LogP contribution in [0.1, 0.15) is 27.4 Å². The number of anilines is 1. The first-order valence-electron chi connectivity index (χ1n) is 10.9. The number of carbonyl (C=O) groups is 1. The molecule has 0 amide bonds. The molecule has 0 unspecified atom stereocenters. The summed E-state index contributed by atoms with van der Waals surface area (Å²) in [6.45, 7) is 0. The molecular formula is C28H20ClN3O2. The molecule has 0 aromatic heterocycles. The minimum atomic E-state index is -1.48. The molecular weight excluding hydrogens is 446 g/mol. The normalized spacial score (nSPS) is 21.6. The third-order valence-electron chi connectivity index (χ3n) is 6.79. The van der Waals surface area contributed by atoms with Gasteiger partial charge < -0.3 is 9.64 Å². The second kappa shape index (κ2) is 8.37. The lowest BCUT2D eigenvalue weighted by atomic mass is 9.69. The predicted molar refractivity (Wildman–Crippen MR) is 131 cm³/mol. The third-order valence-corrected chi connectivity index (χ3v) is 7.04. The number of hydrogen-bond donors (Lipinski definition) is 0. The number of benzene rings is 3. The fourth-order valence-electron chi connectivity index (χ4n) is 5.20. The minimum absolute atomic E-state index is 0.162. The van der Waals surface area contributed by atoms with E-state index in [4.69, 9.17) is 16.3 Å². The van der Waals surface area contributed by atoms with Gasteiger partial charge in [-0.3, -0.25) is 4.79 Å². The number of halogens is 1. The van der Waals surface area contributed by atoms with Gasteiger partial charge in [-0.25, -0.2) is 0 Å². The van der Waals surface area contributed by atoms with E-state index >= 15 is 0 Å². The maximum Gasteiger partial charge on any atom is 0.185 e. The van der Waals surface area contributed by atoms with Crippen molar-refractivity contribution in [1.82, 2.24) is 0 Å². The first-order valence-corrected chi connectivity index (χ1v) is 11.2. The van der Waals surface area contributed by atoms with Crippen LogP contribution in [-0.2, 0) is 0 Å². The lowest BCUT2D eigenvalue weighted by molar-refractivity contribution is 0.0951. The Morgan fingerprint density at radius 2 is 1.68 bits per heavy atom. The molecule has 1 saturated heterocycles. The summed E-state index contributed by atoms with van der Waals surface area (Å²) in [5.41, 5.74) is 1.49. The summed E-state index contributed by atoms with van der Waals surface area (Å²) in [7, 11) is 1.57. The van der Waals surface area contributed by atoms with Crippen LogP contribution in [0.4, 0.5) is 5.69 Å². The number of hydrogen-bond acceptors (Lipinski definition) is 5. The van der Waals surface area contributed by atoms with Crippen molar-refractivity contribution in [1.29, 1.82) is 10.5 Å². The molecule has 1 fully saturated rings. The second-order valence-corrected chi connectivity index (χ2v) is 8.87. The third kappa shape index (κ3) is 3.17. The lowest BCUT2D eigenvalue weighted by Crippen LogP contribution is -2.44. The molecule has 2 aliphatic heterocycles. The van der Waals surface area contributed by atoms with Gasteiger partial charge in [-0.15, -0.1) is 0 Å². The van der Waals surface area contributed by atoms with Gasteiger partial charge >= 0.3 is 0 Å². The highest BCUT2D eigenvalue weighted by molar-refractivity contribution is 6.30. The highest BCUT2D eigenvalue weighted by Crippen LogP contribution is 2.55. The van der Waals surface area contributed by atoms with Gasteiger partial charge in [0.1, 0.15) is 11.8 Å². The zero-order chi connectivity index (χ0) is 23.9. The Morgan fingerprint density at radius 3 is 2.32 bits per heavy atom. The Bertz CT molecular complexity index is 1350. The van der Waals surface area contributed by atoms with Crippen molar-refractivity contribution in [3.63, 3.8) is 0 Å². The average molecular weight is 466 g/mol. The number of nitrogens with zero attached hydrogens (tertiary/aromatic N) is 3. The fourth-order valence-corrected chi connectivity index (χ4v) is 5.33. The van der Waals surface area contributed by atoms with E-state index in [2.05, 4.69) is 12.1 Å². The molecule has 3 aromatic rings. The van der Waals surface area contributed by atoms with Crippen molar-refractivity contribution in [2.75, 3.05) is 12.0 Å². The monoisotopic (exact) mass is 465 g/mol. The van der Waals surface area contributed by atoms with Crippen LogP contribution in [0.3, 0.4) is 0 Å². The smallest absolute Gasteiger partial charge is 0.185 e. The molecule has 0 radical (unpaired) electrons. The lowest BCUT2D eigenvalue weighted by Gasteiger charge is -2.35. The quantitative estimate of drug-likeness (QED) is 0.466.